The normalized spacial score (nSPS) is 18.7. The molecule has 0 unspecified atom stereocenters. The van der Waals surface area contributed by atoms with Gasteiger partial charge in [-0.15, -0.1) is 11.3 Å². The van der Waals surface area contributed by atoms with Gasteiger partial charge in [-0.05, 0) is 43.5 Å². The van der Waals surface area contributed by atoms with Crippen LogP contribution in [0.5, 0.6) is 5.75 Å². The Labute approximate surface area is 232 Å². The number of amides is 2. The fourth-order valence-electron chi connectivity index (χ4n) is 4.48. The van der Waals surface area contributed by atoms with Gasteiger partial charge < -0.3 is 20.1 Å². The van der Waals surface area contributed by atoms with E-state index in [4.69, 9.17) is 4.74 Å². The zero-order valence-corrected chi connectivity index (χ0v) is 24.1. The third-order valence-electron chi connectivity index (χ3n) is 6.77. The van der Waals surface area contributed by atoms with Crippen LogP contribution in [0.4, 0.5) is 5.69 Å². The third-order valence-corrected chi connectivity index (χ3v) is 9.97. The summed E-state index contributed by atoms with van der Waals surface area (Å²) in [6, 6.07) is 9.24. The number of anilines is 1. The monoisotopic (exact) mass is 575 g/mol. The molecule has 11 nitrogen and oxygen atoms in total. The standard InChI is InChI=1S/C26H33N5O6S2/c1-16-13-31(18(3)15-32)26(34)19-8-6-9-20(27-25(33)21-12-17(2)28-30(21)5)24(19)37-22(16)14-29(4)39(35,36)23-10-7-11-38-23/h6-12,16,18,22,32H,13-15H2,1-5H3,(H,27,33)/t16-,18-,22+/m1/s1. The zero-order chi connectivity index (χ0) is 28.5. The van der Waals surface area contributed by atoms with Crippen LogP contribution < -0.4 is 10.1 Å². The Morgan fingerprint density at radius 2 is 2.08 bits per heavy atom. The van der Waals surface area contributed by atoms with Gasteiger partial charge in [-0.25, -0.2) is 8.42 Å². The number of hydrogen-bond acceptors (Lipinski definition) is 8. The van der Waals surface area contributed by atoms with Gasteiger partial charge in [0.05, 0.1) is 36.1 Å². The van der Waals surface area contributed by atoms with Crippen LogP contribution in [0.2, 0.25) is 0 Å². The Morgan fingerprint density at radius 3 is 2.69 bits per heavy atom. The van der Waals surface area contributed by atoms with E-state index in [1.165, 1.54) is 16.0 Å². The van der Waals surface area contributed by atoms with E-state index in [0.29, 0.717) is 11.4 Å². The molecule has 0 saturated carbocycles. The first-order chi connectivity index (χ1) is 18.4. The number of likely N-dealkylation sites (N-methyl/N-ethyl adjacent to an activating group) is 1. The van der Waals surface area contributed by atoms with E-state index < -0.39 is 28.1 Å². The maximum absolute atomic E-state index is 13.6. The Balaban J connectivity index is 1.74. The molecule has 0 fully saturated rings. The van der Waals surface area contributed by atoms with Crippen LogP contribution >= 0.6 is 11.3 Å². The molecule has 4 rings (SSSR count). The quantitative estimate of drug-likeness (QED) is 0.422. The van der Waals surface area contributed by atoms with E-state index in [1.807, 2.05) is 6.92 Å². The number of aryl methyl sites for hydroxylation is 2. The predicted molar refractivity (Wildman–Crippen MR) is 148 cm³/mol. The Kier molecular flexibility index (Phi) is 8.45. The van der Waals surface area contributed by atoms with Crippen LogP contribution in [0.1, 0.15) is 40.4 Å². The molecule has 2 aromatic heterocycles. The molecule has 1 aromatic carbocycles. The molecule has 2 amide bonds. The maximum atomic E-state index is 13.6. The molecule has 1 aliphatic heterocycles. The molecule has 0 spiro atoms. The Morgan fingerprint density at radius 1 is 1.33 bits per heavy atom. The van der Waals surface area contributed by atoms with E-state index in [2.05, 4.69) is 10.4 Å². The summed E-state index contributed by atoms with van der Waals surface area (Å²) in [7, 11) is -0.609. The summed E-state index contributed by atoms with van der Waals surface area (Å²) < 4.78 is 35.7. The molecule has 3 aromatic rings. The highest BCUT2D eigenvalue weighted by atomic mass is 32.2. The topological polar surface area (TPSA) is 134 Å². The van der Waals surface area contributed by atoms with Crippen molar-refractivity contribution in [3.8, 4) is 5.75 Å². The highest BCUT2D eigenvalue weighted by Crippen LogP contribution is 2.35. The number of aliphatic hydroxyl groups excluding tert-OH is 1. The van der Waals surface area contributed by atoms with Crippen molar-refractivity contribution in [2.45, 2.75) is 37.1 Å². The predicted octanol–water partition coefficient (Wildman–Crippen LogP) is 2.58. The summed E-state index contributed by atoms with van der Waals surface area (Å²) in [5, 5.41) is 18.6. The lowest BCUT2D eigenvalue weighted by Crippen LogP contribution is -2.50. The average Bonchev–Trinajstić information content (AvgIpc) is 3.56. The molecule has 0 bridgehead atoms. The van der Waals surface area contributed by atoms with E-state index in [-0.39, 0.29) is 52.7 Å². The molecule has 0 saturated heterocycles. The number of aromatic nitrogens is 2. The molecule has 0 aliphatic carbocycles. The van der Waals surface area contributed by atoms with Crippen molar-refractivity contribution in [2.24, 2.45) is 13.0 Å². The van der Waals surface area contributed by atoms with Gasteiger partial charge in [0.1, 0.15) is 16.0 Å². The van der Waals surface area contributed by atoms with Gasteiger partial charge in [0, 0.05) is 26.6 Å². The van der Waals surface area contributed by atoms with Gasteiger partial charge in [0.15, 0.2) is 5.75 Å². The minimum absolute atomic E-state index is 0.000414. The van der Waals surface area contributed by atoms with E-state index >= 15 is 0 Å². The fourth-order valence-corrected chi connectivity index (χ4v) is 6.87. The molecule has 3 atom stereocenters. The molecule has 1 aliphatic rings. The number of aliphatic hydroxyl groups is 1. The van der Waals surface area contributed by atoms with E-state index in [9.17, 15) is 23.1 Å². The summed E-state index contributed by atoms with van der Waals surface area (Å²) in [6.07, 6.45) is -0.679. The summed E-state index contributed by atoms with van der Waals surface area (Å²) in [4.78, 5) is 28.3. The minimum atomic E-state index is -3.76. The van der Waals surface area contributed by atoms with Crippen LogP contribution in [0.25, 0.3) is 0 Å². The van der Waals surface area contributed by atoms with Crippen LogP contribution in [-0.2, 0) is 17.1 Å². The number of sulfonamides is 1. The number of hydrogen-bond donors (Lipinski definition) is 2. The number of carbonyl (C=O) groups is 2. The zero-order valence-electron chi connectivity index (χ0n) is 22.5. The molecule has 3 heterocycles. The molecular weight excluding hydrogens is 542 g/mol. The van der Waals surface area contributed by atoms with Crippen molar-refractivity contribution >= 4 is 38.9 Å². The van der Waals surface area contributed by atoms with Crippen LogP contribution in [0.3, 0.4) is 0 Å². The number of ether oxygens (including phenoxy) is 1. The van der Waals surface area contributed by atoms with Gasteiger partial charge in [-0.1, -0.05) is 19.1 Å². The average molecular weight is 576 g/mol. The minimum Gasteiger partial charge on any atom is -0.486 e. The third kappa shape index (κ3) is 5.86. The van der Waals surface area contributed by atoms with E-state index in [1.54, 1.807) is 67.6 Å². The SMILES string of the molecule is Cc1cc(C(=O)Nc2cccc3c2O[C@@H](CN(C)S(=O)(=O)c2cccs2)[C@H](C)CN([C@H](C)CO)C3=O)n(C)n1. The van der Waals surface area contributed by atoms with Crippen molar-refractivity contribution in [3.63, 3.8) is 0 Å². The van der Waals surface area contributed by atoms with Crippen molar-refractivity contribution in [3.05, 3.63) is 58.7 Å². The summed E-state index contributed by atoms with van der Waals surface area (Å²) in [5.74, 6) is -0.972. The van der Waals surface area contributed by atoms with Crippen molar-refractivity contribution < 1.29 is 27.9 Å². The van der Waals surface area contributed by atoms with Crippen molar-refractivity contribution in [2.75, 3.05) is 32.1 Å². The second kappa shape index (κ2) is 11.5. The highest BCUT2D eigenvalue weighted by Gasteiger charge is 2.36. The molecular formula is C26H33N5O6S2. The number of carbonyl (C=O) groups excluding carboxylic acids is 2. The molecule has 210 valence electrons. The van der Waals surface area contributed by atoms with Crippen LogP contribution in [0.15, 0.2) is 46.0 Å². The smallest absolute Gasteiger partial charge is 0.274 e. The second-order valence-corrected chi connectivity index (χ2v) is 13.0. The number of benzene rings is 1. The first-order valence-corrected chi connectivity index (χ1v) is 14.8. The first kappa shape index (κ1) is 28.7. The van der Waals surface area contributed by atoms with E-state index in [0.717, 1.165) is 11.3 Å². The number of nitrogens with zero attached hydrogens (tertiary/aromatic N) is 4. The highest BCUT2D eigenvalue weighted by molar-refractivity contribution is 7.91. The second-order valence-electron chi connectivity index (χ2n) is 9.77. The molecule has 13 heteroatoms. The number of thiophene rings is 1. The van der Waals surface area contributed by atoms with Gasteiger partial charge in [0.2, 0.25) is 0 Å². The number of nitrogens with one attached hydrogen (secondary N) is 1. The summed E-state index contributed by atoms with van der Waals surface area (Å²) in [5.41, 5.74) is 1.47. The Bertz CT molecular complexity index is 1450. The largest absolute Gasteiger partial charge is 0.486 e. The van der Waals surface area contributed by atoms with Crippen molar-refractivity contribution in [1.82, 2.24) is 19.0 Å². The van der Waals surface area contributed by atoms with Gasteiger partial charge >= 0.3 is 0 Å². The van der Waals surface area contributed by atoms with Gasteiger partial charge in [-0.3, -0.25) is 14.3 Å². The van der Waals surface area contributed by atoms with Crippen LogP contribution in [0, 0.1) is 12.8 Å². The molecule has 2 N–H and O–H groups in total. The van der Waals surface area contributed by atoms with Gasteiger partial charge in [-0.2, -0.15) is 9.40 Å². The number of para-hydroxylation sites is 1. The van der Waals surface area contributed by atoms with Gasteiger partial charge in [0.25, 0.3) is 21.8 Å². The lowest BCUT2D eigenvalue weighted by molar-refractivity contribution is 0.0388. The maximum Gasteiger partial charge on any atom is 0.274 e. The summed E-state index contributed by atoms with van der Waals surface area (Å²) >= 11 is 1.13. The van der Waals surface area contributed by atoms with Crippen molar-refractivity contribution in [1.29, 1.82) is 0 Å². The molecule has 39 heavy (non-hydrogen) atoms. The Hall–Kier alpha value is -3.26. The lowest BCUT2D eigenvalue weighted by Gasteiger charge is -2.38. The van der Waals surface area contributed by atoms with Crippen LogP contribution in [-0.4, -0.2) is 83.2 Å². The molecule has 0 radical (unpaired) electrons. The lowest BCUT2D eigenvalue weighted by atomic mass is 9.99. The summed E-state index contributed by atoms with van der Waals surface area (Å²) in [6.45, 7) is 5.38. The fraction of sp³-hybridized carbons (Fsp3) is 0.423. The number of fused-ring (bicyclic) bond motifs is 1. The number of rotatable bonds is 8. The first-order valence-electron chi connectivity index (χ1n) is 12.5.